The summed E-state index contributed by atoms with van der Waals surface area (Å²) in [5.74, 6) is 0.638. The first-order valence-corrected chi connectivity index (χ1v) is 9.81. The number of nitrogens with one attached hydrogen (secondary N) is 1. The number of hydrogen-bond acceptors (Lipinski definition) is 5. The van der Waals surface area contributed by atoms with Gasteiger partial charge in [0.05, 0.1) is 13.2 Å². The molecule has 3 rings (SSSR count). The zero-order chi connectivity index (χ0) is 17.0. The molecule has 1 aliphatic heterocycles. The fourth-order valence-electron chi connectivity index (χ4n) is 2.37. The lowest BCUT2D eigenvalue weighted by molar-refractivity contribution is 0.0730. The highest BCUT2D eigenvalue weighted by molar-refractivity contribution is 9.10. The molecule has 1 N–H and O–H groups in total. The maximum absolute atomic E-state index is 12.5. The number of aromatic nitrogens is 1. The highest BCUT2D eigenvalue weighted by Gasteiger charge is 2.26. The number of ether oxygens (including phenoxy) is 1. The first kappa shape index (κ1) is 17.3. The maximum Gasteiger partial charge on any atom is 0.244 e. The minimum Gasteiger partial charge on any atom is -0.379 e. The normalized spacial score (nSPS) is 16.0. The molecule has 8 heteroatoms. The summed E-state index contributed by atoms with van der Waals surface area (Å²) < 4.78 is 32.7. The van der Waals surface area contributed by atoms with Crippen LogP contribution in [0.25, 0.3) is 0 Å². The number of pyridine rings is 1. The molecule has 2 aromatic rings. The Bertz CT molecular complexity index is 773. The number of halogens is 1. The van der Waals surface area contributed by atoms with Crippen molar-refractivity contribution in [2.75, 3.05) is 31.6 Å². The Kier molecular flexibility index (Phi) is 5.50. The summed E-state index contributed by atoms with van der Waals surface area (Å²) in [6.45, 7) is 2.24. The molecule has 0 aliphatic carbocycles. The van der Waals surface area contributed by atoms with E-state index in [1.54, 1.807) is 12.1 Å². The van der Waals surface area contributed by atoms with Gasteiger partial charge in [0, 0.05) is 30.3 Å². The van der Waals surface area contributed by atoms with Crippen LogP contribution < -0.4 is 5.32 Å². The van der Waals surface area contributed by atoms with Gasteiger partial charge in [-0.25, -0.2) is 13.4 Å². The molecular formula is C16H18BrN3O3S. The van der Waals surface area contributed by atoms with Gasteiger partial charge in [-0.3, -0.25) is 0 Å². The summed E-state index contributed by atoms with van der Waals surface area (Å²) >= 11 is 3.40. The van der Waals surface area contributed by atoms with Crippen LogP contribution in [0.4, 0.5) is 5.82 Å². The maximum atomic E-state index is 12.5. The van der Waals surface area contributed by atoms with Crippen LogP contribution in [0.15, 0.2) is 52.0 Å². The predicted octanol–water partition coefficient (Wildman–Crippen LogP) is 2.48. The van der Waals surface area contributed by atoms with Gasteiger partial charge in [0.25, 0.3) is 0 Å². The average molecular weight is 412 g/mol. The number of rotatable bonds is 5. The van der Waals surface area contributed by atoms with Gasteiger partial charge < -0.3 is 10.1 Å². The highest BCUT2D eigenvalue weighted by atomic mass is 79.9. The zero-order valence-electron chi connectivity index (χ0n) is 13.0. The molecule has 1 saturated heterocycles. The fourth-order valence-corrected chi connectivity index (χ4v) is 3.99. The van der Waals surface area contributed by atoms with E-state index in [1.807, 2.05) is 24.3 Å². The lowest BCUT2D eigenvalue weighted by Gasteiger charge is -2.25. The highest BCUT2D eigenvalue weighted by Crippen LogP contribution is 2.18. The van der Waals surface area contributed by atoms with Gasteiger partial charge in [0.1, 0.15) is 10.7 Å². The lowest BCUT2D eigenvalue weighted by Crippen LogP contribution is -2.40. The summed E-state index contributed by atoms with van der Waals surface area (Å²) in [7, 11) is -3.49. The van der Waals surface area contributed by atoms with Crippen molar-refractivity contribution in [1.82, 2.24) is 9.29 Å². The van der Waals surface area contributed by atoms with Gasteiger partial charge in [0.2, 0.25) is 10.0 Å². The van der Waals surface area contributed by atoms with Gasteiger partial charge in [-0.1, -0.05) is 28.1 Å². The zero-order valence-corrected chi connectivity index (χ0v) is 15.4. The SMILES string of the molecule is O=S(=O)(c1ccc(NCc2ccc(Br)cc2)nc1)N1CCOCC1. The molecule has 1 aromatic heterocycles. The van der Waals surface area contributed by atoms with Gasteiger partial charge in [0.15, 0.2) is 0 Å². The van der Waals surface area contributed by atoms with E-state index in [9.17, 15) is 8.42 Å². The number of anilines is 1. The van der Waals surface area contributed by atoms with Gasteiger partial charge in [-0.15, -0.1) is 0 Å². The average Bonchev–Trinajstić information content (AvgIpc) is 2.62. The third-order valence-electron chi connectivity index (χ3n) is 3.73. The minimum atomic E-state index is -3.49. The van der Waals surface area contributed by atoms with E-state index in [-0.39, 0.29) is 4.90 Å². The molecule has 1 fully saturated rings. The van der Waals surface area contributed by atoms with E-state index in [0.29, 0.717) is 38.7 Å². The van der Waals surface area contributed by atoms with Crippen LogP contribution in [0, 0.1) is 0 Å². The predicted molar refractivity (Wildman–Crippen MR) is 95.3 cm³/mol. The number of benzene rings is 1. The topological polar surface area (TPSA) is 71.5 Å². The van der Waals surface area contributed by atoms with Crippen molar-refractivity contribution in [1.29, 1.82) is 0 Å². The molecule has 2 heterocycles. The molecule has 0 atom stereocenters. The second-order valence-electron chi connectivity index (χ2n) is 5.38. The molecule has 1 aromatic carbocycles. The monoisotopic (exact) mass is 411 g/mol. The standard InChI is InChI=1S/C16H18BrN3O3S/c17-14-3-1-13(2-4-14)11-18-16-6-5-15(12-19-16)24(21,22)20-7-9-23-10-8-20/h1-6,12H,7-11H2,(H,18,19). The van der Waals surface area contributed by atoms with E-state index in [2.05, 4.69) is 26.2 Å². The first-order valence-electron chi connectivity index (χ1n) is 7.58. The van der Waals surface area contributed by atoms with Crippen molar-refractivity contribution in [3.8, 4) is 0 Å². The van der Waals surface area contributed by atoms with Crippen LogP contribution in [0.2, 0.25) is 0 Å². The van der Waals surface area contributed by atoms with Crippen LogP contribution in [-0.4, -0.2) is 44.0 Å². The Morgan fingerprint density at radius 3 is 2.46 bits per heavy atom. The molecule has 128 valence electrons. The van der Waals surface area contributed by atoms with Crippen LogP contribution in [0.1, 0.15) is 5.56 Å². The van der Waals surface area contributed by atoms with Crippen molar-refractivity contribution in [2.24, 2.45) is 0 Å². The molecule has 0 bridgehead atoms. The Labute approximate surface area is 150 Å². The van der Waals surface area contributed by atoms with Crippen molar-refractivity contribution >= 4 is 31.8 Å². The van der Waals surface area contributed by atoms with Crippen LogP contribution in [0.5, 0.6) is 0 Å². The van der Waals surface area contributed by atoms with E-state index < -0.39 is 10.0 Å². The van der Waals surface area contributed by atoms with Crippen LogP contribution >= 0.6 is 15.9 Å². The summed E-state index contributed by atoms with van der Waals surface area (Å²) in [5.41, 5.74) is 1.12. The second-order valence-corrected chi connectivity index (χ2v) is 8.23. The largest absolute Gasteiger partial charge is 0.379 e. The van der Waals surface area contributed by atoms with E-state index in [0.717, 1.165) is 10.0 Å². The molecule has 6 nitrogen and oxygen atoms in total. The number of morpholine rings is 1. The summed E-state index contributed by atoms with van der Waals surface area (Å²) in [6.07, 6.45) is 1.40. The summed E-state index contributed by atoms with van der Waals surface area (Å²) in [5, 5.41) is 3.18. The summed E-state index contributed by atoms with van der Waals surface area (Å²) in [6, 6.07) is 11.2. The lowest BCUT2D eigenvalue weighted by atomic mass is 10.2. The quantitative estimate of drug-likeness (QED) is 0.817. The third-order valence-corrected chi connectivity index (χ3v) is 6.14. The van der Waals surface area contributed by atoms with Crippen molar-refractivity contribution in [3.63, 3.8) is 0 Å². The van der Waals surface area contributed by atoms with Crippen molar-refractivity contribution < 1.29 is 13.2 Å². The van der Waals surface area contributed by atoms with E-state index in [1.165, 1.54) is 10.5 Å². The molecule has 0 spiro atoms. The van der Waals surface area contributed by atoms with Gasteiger partial charge in [-0.05, 0) is 29.8 Å². The van der Waals surface area contributed by atoms with E-state index >= 15 is 0 Å². The van der Waals surface area contributed by atoms with Gasteiger partial charge in [-0.2, -0.15) is 4.31 Å². The first-order chi connectivity index (χ1) is 11.6. The molecule has 0 unspecified atom stereocenters. The second kappa shape index (κ2) is 7.60. The molecule has 0 amide bonds. The Hall–Kier alpha value is -1.48. The molecule has 24 heavy (non-hydrogen) atoms. The van der Waals surface area contributed by atoms with Crippen LogP contribution in [0.3, 0.4) is 0 Å². The molecule has 1 aliphatic rings. The fraction of sp³-hybridized carbons (Fsp3) is 0.312. The Morgan fingerprint density at radius 1 is 1.12 bits per heavy atom. The smallest absolute Gasteiger partial charge is 0.244 e. The summed E-state index contributed by atoms with van der Waals surface area (Å²) in [4.78, 5) is 4.42. The van der Waals surface area contributed by atoms with Crippen molar-refractivity contribution in [2.45, 2.75) is 11.4 Å². The number of hydrogen-bond donors (Lipinski definition) is 1. The van der Waals surface area contributed by atoms with Crippen molar-refractivity contribution in [3.05, 3.63) is 52.6 Å². The Balaban J connectivity index is 1.65. The molecule has 0 radical (unpaired) electrons. The third kappa shape index (κ3) is 4.13. The van der Waals surface area contributed by atoms with Gasteiger partial charge >= 0.3 is 0 Å². The van der Waals surface area contributed by atoms with E-state index in [4.69, 9.17) is 4.74 Å². The molecule has 0 saturated carbocycles. The van der Waals surface area contributed by atoms with Crippen LogP contribution in [-0.2, 0) is 21.3 Å². The molecular weight excluding hydrogens is 394 g/mol. The minimum absolute atomic E-state index is 0.207. The number of nitrogens with zero attached hydrogens (tertiary/aromatic N) is 2. The Morgan fingerprint density at radius 2 is 1.83 bits per heavy atom. The number of sulfonamides is 1.